The predicted molar refractivity (Wildman–Crippen MR) is 101 cm³/mol. The largest absolute Gasteiger partial charge is 0.452 e. The van der Waals surface area contributed by atoms with Crippen molar-refractivity contribution in [2.75, 3.05) is 13.2 Å². The van der Waals surface area contributed by atoms with E-state index >= 15 is 0 Å². The van der Waals surface area contributed by atoms with Crippen LogP contribution in [0.1, 0.15) is 47.9 Å². The second-order valence-corrected chi connectivity index (χ2v) is 7.01. The Hall–Kier alpha value is -2.56. The molecule has 1 aliphatic rings. The molecule has 5 nitrogen and oxygen atoms in total. The van der Waals surface area contributed by atoms with Gasteiger partial charge >= 0.3 is 5.97 Å². The minimum atomic E-state index is -0.462. The van der Waals surface area contributed by atoms with Crippen molar-refractivity contribution < 1.29 is 14.3 Å². The molecule has 1 aliphatic heterocycles. The highest BCUT2D eigenvalue weighted by atomic mass is 16.5. The molecule has 1 aromatic heterocycles. The summed E-state index contributed by atoms with van der Waals surface area (Å²) in [4.78, 5) is 26.3. The van der Waals surface area contributed by atoms with Gasteiger partial charge in [0.25, 0.3) is 5.91 Å². The summed E-state index contributed by atoms with van der Waals surface area (Å²) < 4.78 is 7.35. The third kappa shape index (κ3) is 3.82. The second kappa shape index (κ2) is 7.77. The Morgan fingerprint density at radius 3 is 2.31 bits per heavy atom. The molecule has 1 fully saturated rings. The molecule has 3 rings (SSSR count). The van der Waals surface area contributed by atoms with Crippen molar-refractivity contribution in [2.24, 2.45) is 0 Å². The monoisotopic (exact) mass is 354 g/mol. The number of hydrogen-bond donors (Lipinski definition) is 0. The molecule has 1 atom stereocenters. The zero-order valence-corrected chi connectivity index (χ0v) is 15.7. The molecule has 26 heavy (non-hydrogen) atoms. The van der Waals surface area contributed by atoms with Gasteiger partial charge in [-0.15, -0.1) is 0 Å². The van der Waals surface area contributed by atoms with Crippen molar-refractivity contribution >= 4 is 11.9 Å². The van der Waals surface area contributed by atoms with Crippen molar-refractivity contribution in [2.45, 2.75) is 46.1 Å². The maximum atomic E-state index is 12.3. The summed E-state index contributed by atoms with van der Waals surface area (Å²) in [5.74, 6) is -0.573. The molecule has 2 heterocycles. The van der Waals surface area contributed by atoms with Crippen LogP contribution in [0.3, 0.4) is 0 Å². The molecular formula is C21H26N2O3. The molecule has 138 valence electrons. The average Bonchev–Trinajstić information content (AvgIpc) is 2.98. The Kier molecular flexibility index (Phi) is 5.45. The van der Waals surface area contributed by atoms with E-state index in [4.69, 9.17) is 4.74 Å². The first-order valence-electron chi connectivity index (χ1n) is 9.19. The van der Waals surface area contributed by atoms with Gasteiger partial charge in [-0.05, 0) is 76.4 Å². The van der Waals surface area contributed by atoms with Crippen LogP contribution in [0, 0.1) is 13.8 Å². The zero-order valence-electron chi connectivity index (χ0n) is 15.7. The van der Waals surface area contributed by atoms with Crippen LogP contribution >= 0.6 is 0 Å². The summed E-state index contributed by atoms with van der Waals surface area (Å²) in [5, 5.41) is 0. The van der Waals surface area contributed by atoms with Crippen molar-refractivity contribution in [1.29, 1.82) is 0 Å². The van der Waals surface area contributed by atoms with Gasteiger partial charge in [0.05, 0.1) is 5.56 Å². The molecule has 0 radical (unpaired) electrons. The van der Waals surface area contributed by atoms with E-state index in [-0.39, 0.29) is 18.6 Å². The number of benzene rings is 1. The number of nitrogens with zero attached hydrogens (tertiary/aromatic N) is 2. The Balaban J connectivity index is 1.61. The molecule has 2 aromatic rings. The van der Waals surface area contributed by atoms with E-state index < -0.39 is 5.97 Å². The number of carbonyl (C=O) groups excluding carboxylic acids is 2. The maximum absolute atomic E-state index is 12.3. The Morgan fingerprint density at radius 1 is 1.04 bits per heavy atom. The standard InChI is InChI=1S/C21H26N2O3/c1-15-6-4-5-13-22(15)20(24)14-26-21(25)18-9-11-19(12-10-18)23-16(2)7-8-17(23)3/h7-12,15H,4-6,13-14H2,1-3H3/t15-/m1/s1. The topological polar surface area (TPSA) is 51.5 Å². The molecule has 0 spiro atoms. The highest BCUT2D eigenvalue weighted by Crippen LogP contribution is 2.18. The zero-order chi connectivity index (χ0) is 18.7. The fraction of sp³-hybridized carbons (Fsp3) is 0.429. The second-order valence-electron chi connectivity index (χ2n) is 7.01. The summed E-state index contributed by atoms with van der Waals surface area (Å²) in [6.07, 6.45) is 3.18. The average molecular weight is 354 g/mol. The lowest BCUT2D eigenvalue weighted by atomic mass is 10.0. The summed E-state index contributed by atoms with van der Waals surface area (Å²) in [7, 11) is 0. The van der Waals surface area contributed by atoms with Gasteiger partial charge in [-0.1, -0.05) is 0 Å². The highest BCUT2D eigenvalue weighted by molar-refractivity contribution is 5.91. The van der Waals surface area contributed by atoms with Crippen LogP contribution in [0.4, 0.5) is 0 Å². The van der Waals surface area contributed by atoms with Gasteiger partial charge in [0, 0.05) is 29.7 Å². The molecule has 0 bridgehead atoms. The SMILES string of the molecule is Cc1ccc(C)n1-c1ccc(C(=O)OCC(=O)N2CCCC[C@H]2C)cc1. The fourth-order valence-corrected chi connectivity index (χ4v) is 3.58. The minimum absolute atomic E-state index is 0.110. The molecule has 0 saturated carbocycles. The minimum Gasteiger partial charge on any atom is -0.452 e. The van der Waals surface area contributed by atoms with Gasteiger partial charge in [0.2, 0.25) is 0 Å². The quantitative estimate of drug-likeness (QED) is 0.788. The van der Waals surface area contributed by atoms with Gasteiger partial charge in [0.15, 0.2) is 6.61 Å². The van der Waals surface area contributed by atoms with Crippen molar-refractivity contribution in [3.05, 3.63) is 53.3 Å². The Labute approximate surface area is 154 Å². The van der Waals surface area contributed by atoms with Crippen LogP contribution in [-0.4, -0.2) is 40.5 Å². The van der Waals surface area contributed by atoms with E-state index in [0.717, 1.165) is 42.9 Å². The van der Waals surface area contributed by atoms with Crippen LogP contribution in [0.15, 0.2) is 36.4 Å². The highest BCUT2D eigenvalue weighted by Gasteiger charge is 2.24. The third-order valence-electron chi connectivity index (χ3n) is 5.08. The number of carbonyl (C=O) groups is 2. The lowest BCUT2D eigenvalue weighted by Gasteiger charge is -2.33. The Morgan fingerprint density at radius 2 is 1.69 bits per heavy atom. The first-order chi connectivity index (χ1) is 12.5. The molecule has 1 saturated heterocycles. The van der Waals surface area contributed by atoms with Crippen LogP contribution in [-0.2, 0) is 9.53 Å². The maximum Gasteiger partial charge on any atom is 0.338 e. The van der Waals surface area contributed by atoms with E-state index in [0.29, 0.717) is 5.56 Å². The van der Waals surface area contributed by atoms with E-state index in [1.54, 1.807) is 12.1 Å². The summed E-state index contributed by atoms with van der Waals surface area (Å²) in [6.45, 7) is 6.69. The molecule has 1 aromatic carbocycles. The van der Waals surface area contributed by atoms with Crippen LogP contribution < -0.4 is 0 Å². The summed E-state index contributed by atoms with van der Waals surface area (Å²) in [5.41, 5.74) is 3.73. The first kappa shape index (κ1) is 18.2. The molecule has 0 N–H and O–H groups in total. The van der Waals surface area contributed by atoms with Gasteiger partial charge in [0.1, 0.15) is 0 Å². The van der Waals surface area contributed by atoms with Gasteiger partial charge in [-0.3, -0.25) is 4.79 Å². The van der Waals surface area contributed by atoms with Crippen molar-refractivity contribution in [3.63, 3.8) is 0 Å². The predicted octanol–water partition coefficient (Wildman–Crippen LogP) is 3.65. The molecule has 1 amide bonds. The number of piperidine rings is 1. The number of esters is 1. The summed E-state index contributed by atoms with van der Waals surface area (Å²) in [6, 6.07) is 11.6. The fourth-order valence-electron chi connectivity index (χ4n) is 3.58. The number of rotatable bonds is 4. The number of aromatic nitrogens is 1. The van der Waals surface area contributed by atoms with Crippen LogP contribution in [0.2, 0.25) is 0 Å². The Bertz CT molecular complexity index is 773. The van der Waals surface area contributed by atoms with Crippen LogP contribution in [0.5, 0.6) is 0 Å². The number of ether oxygens (including phenoxy) is 1. The van der Waals surface area contributed by atoms with E-state index in [1.165, 1.54) is 0 Å². The third-order valence-corrected chi connectivity index (χ3v) is 5.08. The molecule has 0 aliphatic carbocycles. The number of hydrogen-bond acceptors (Lipinski definition) is 3. The molecular weight excluding hydrogens is 328 g/mol. The van der Waals surface area contributed by atoms with Crippen molar-refractivity contribution in [3.8, 4) is 5.69 Å². The van der Waals surface area contributed by atoms with E-state index in [2.05, 4.69) is 16.7 Å². The lowest BCUT2D eigenvalue weighted by molar-refractivity contribution is -0.137. The summed E-state index contributed by atoms with van der Waals surface area (Å²) >= 11 is 0. The van der Waals surface area contributed by atoms with Gasteiger partial charge in [-0.2, -0.15) is 0 Å². The van der Waals surface area contributed by atoms with Crippen LogP contribution in [0.25, 0.3) is 5.69 Å². The van der Waals surface area contributed by atoms with Gasteiger partial charge in [-0.25, -0.2) is 4.79 Å². The first-order valence-corrected chi connectivity index (χ1v) is 9.19. The number of amides is 1. The molecule has 0 unspecified atom stereocenters. The van der Waals surface area contributed by atoms with E-state index in [1.807, 2.05) is 37.8 Å². The smallest absolute Gasteiger partial charge is 0.338 e. The number of aryl methyl sites for hydroxylation is 2. The van der Waals surface area contributed by atoms with Crippen molar-refractivity contribution in [1.82, 2.24) is 9.47 Å². The number of likely N-dealkylation sites (tertiary alicyclic amines) is 1. The van der Waals surface area contributed by atoms with Gasteiger partial charge < -0.3 is 14.2 Å². The van der Waals surface area contributed by atoms with E-state index in [9.17, 15) is 9.59 Å². The molecule has 5 heteroatoms. The lowest BCUT2D eigenvalue weighted by Crippen LogP contribution is -2.44. The normalized spacial score (nSPS) is 17.2.